The van der Waals surface area contributed by atoms with E-state index < -0.39 is 9.84 Å². The van der Waals surface area contributed by atoms with Crippen molar-refractivity contribution < 1.29 is 17.9 Å². The molecule has 1 fully saturated rings. The van der Waals surface area contributed by atoms with Gasteiger partial charge >= 0.3 is 0 Å². The molecule has 1 aliphatic carbocycles. The number of methoxy groups -OCH3 is 1. The van der Waals surface area contributed by atoms with E-state index in [1.54, 1.807) is 30.0 Å². The zero-order valence-electron chi connectivity index (χ0n) is 17.8. The lowest BCUT2D eigenvalue weighted by atomic mass is 10.1. The molecule has 2 aromatic rings. The van der Waals surface area contributed by atoms with E-state index in [2.05, 4.69) is 4.98 Å². The summed E-state index contributed by atoms with van der Waals surface area (Å²) < 4.78 is 33.1. The van der Waals surface area contributed by atoms with Crippen LogP contribution < -0.4 is 0 Å². The van der Waals surface area contributed by atoms with Crippen molar-refractivity contribution in [3.05, 3.63) is 47.8 Å². The van der Waals surface area contributed by atoms with Gasteiger partial charge < -0.3 is 14.2 Å². The summed E-state index contributed by atoms with van der Waals surface area (Å²) >= 11 is 0. The molecule has 1 aromatic carbocycles. The van der Waals surface area contributed by atoms with Crippen LogP contribution in [-0.4, -0.2) is 49.0 Å². The molecule has 0 radical (unpaired) electrons. The van der Waals surface area contributed by atoms with Gasteiger partial charge in [-0.1, -0.05) is 43.2 Å². The second-order valence-corrected chi connectivity index (χ2v) is 9.64. The molecule has 0 bridgehead atoms. The molecule has 1 aromatic heterocycles. The number of nitrogens with zero attached hydrogens (tertiary/aromatic N) is 3. The van der Waals surface area contributed by atoms with Crippen LogP contribution in [0.2, 0.25) is 0 Å². The number of hydrogen-bond acceptors (Lipinski definition) is 5. The van der Waals surface area contributed by atoms with E-state index in [-0.39, 0.29) is 22.7 Å². The van der Waals surface area contributed by atoms with Gasteiger partial charge in [-0.2, -0.15) is 0 Å². The number of aromatic nitrogens is 2. The average molecular weight is 434 g/mol. The lowest BCUT2D eigenvalue weighted by Gasteiger charge is -2.25. The fraction of sp³-hybridized carbons (Fsp3) is 0.545. The highest BCUT2D eigenvalue weighted by Gasteiger charge is 2.29. The smallest absolute Gasteiger partial charge is 0.228 e. The Labute approximate surface area is 179 Å². The minimum atomic E-state index is -3.64. The van der Waals surface area contributed by atoms with Crippen molar-refractivity contribution in [2.75, 3.05) is 20.3 Å². The first-order valence-corrected chi connectivity index (χ1v) is 12.2. The molecule has 0 saturated heterocycles. The van der Waals surface area contributed by atoms with Gasteiger partial charge in [0.2, 0.25) is 20.9 Å². The Morgan fingerprint density at radius 2 is 1.93 bits per heavy atom. The first-order chi connectivity index (χ1) is 14.5. The predicted molar refractivity (Wildman–Crippen MR) is 114 cm³/mol. The van der Waals surface area contributed by atoms with Crippen LogP contribution in [0.4, 0.5) is 0 Å². The van der Waals surface area contributed by atoms with Crippen molar-refractivity contribution in [3.63, 3.8) is 0 Å². The van der Waals surface area contributed by atoms with Crippen LogP contribution in [0.1, 0.15) is 43.9 Å². The molecule has 1 amide bonds. The van der Waals surface area contributed by atoms with E-state index in [4.69, 9.17) is 4.74 Å². The molecule has 1 aliphatic rings. The zero-order valence-corrected chi connectivity index (χ0v) is 18.6. The summed E-state index contributed by atoms with van der Waals surface area (Å²) in [5, 5.41) is 0.0303. The highest BCUT2D eigenvalue weighted by atomic mass is 32.2. The Balaban J connectivity index is 1.86. The van der Waals surface area contributed by atoms with Crippen LogP contribution in [-0.2, 0) is 38.2 Å². The van der Waals surface area contributed by atoms with Crippen LogP contribution in [0.3, 0.4) is 0 Å². The summed E-state index contributed by atoms with van der Waals surface area (Å²) in [6.45, 7) is 3.61. The van der Waals surface area contributed by atoms with E-state index in [1.807, 2.05) is 30.0 Å². The SMILES string of the molecule is CCN(Cc1cnc(S(=O)(=O)Cc2ccccc2)n1CCOC)C(=O)C1CCCC1. The number of carbonyl (C=O) groups excluding carboxylic acids is 1. The van der Waals surface area contributed by atoms with Crippen molar-refractivity contribution in [3.8, 4) is 0 Å². The van der Waals surface area contributed by atoms with Crippen molar-refractivity contribution >= 4 is 15.7 Å². The van der Waals surface area contributed by atoms with Crippen LogP contribution in [0.25, 0.3) is 0 Å². The van der Waals surface area contributed by atoms with E-state index >= 15 is 0 Å². The van der Waals surface area contributed by atoms with Crippen LogP contribution >= 0.6 is 0 Å². The molecule has 0 unspecified atom stereocenters. The van der Waals surface area contributed by atoms with E-state index in [9.17, 15) is 13.2 Å². The third-order valence-electron chi connectivity index (χ3n) is 5.65. The summed E-state index contributed by atoms with van der Waals surface area (Å²) in [6.07, 6.45) is 5.66. The van der Waals surface area contributed by atoms with E-state index in [0.29, 0.717) is 37.5 Å². The standard InChI is InChI=1S/C22H31N3O4S/c1-3-24(21(26)19-11-7-8-12-19)16-20-15-23-22(25(20)13-14-29-2)30(27,28)17-18-9-5-4-6-10-18/h4-6,9-10,15,19H,3,7-8,11-14,16-17H2,1-2H3. The molecule has 0 spiro atoms. The number of carbonyl (C=O) groups is 1. The summed E-state index contributed by atoms with van der Waals surface area (Å²) in [6, 6.07) is 9.08. The fourth-order valence-electron chi connectivity index (χ4n) is 4.02. The summed E-state index contributed by atoms with van der Waals surface area (Å²) in [5.74, 6) is 0.125. The normalized spacial score (nSPS) is 14.9. The fourth-order valence-corrected chi connectivity index (χ4v) is 5.54. The number of imidazole rings is 1. The minimum Gasteiger partial charge on any atom is -0.383 e. The topological polar surface area (TPSA) is 81.5 Å². The first kappa shape index (κ1) is 22.5. The Bertz CT molecular complexity index is 935. The molecule has 0 atom stereocenters. The van der Waals surface area contributed by atoms with E-state index in [0.717, 1.165) is 25.7 Å². The lowest BCUT2D eigenvalue weighted by Crippen LogP contribution is -2.35. The number of sulfone groups is 1. The quantitative estimate of drug-likeness (QED) is 0.575. The van der Waals surface area contributed by atoms with Gasteiger partial charge in [0.05, 0.1) is 30.8 Å². The van der Waals surface area contributed by atoms with Crippen LogP contribution in [0, 0.1) is 5.92 Å². The summed E-state index contributed by atoms with van der Waals surface area (Å²) in [5.41, 5.74) is 1.43. The highest BCUT2D eigenvalue weighted by molar-refractivity contribution is 7.90. The second kappa shape index (κ2) is 10.2. The largest absolute Gasteiger partial charge is 0.383 e. The number of benzene rings is 1. The molecule has 164 valence electrons. The molecule has 30 heavy (non-hydrogen) atoms. The molecule has 1 heterocycles. The van der Waals surface area contributed by atoms with Gasteiger partial charge in [-0.15, -0.1) is 0 Å². The maximum atomic E-state index is 13.1. The Morgan fingerprint density at radius 1 is 1.23 bits per heavy atom. The third kappa shape index (κ3) is 5.29. The highest BCUT2D eigenvalue weighted by Crippen LogP contribution is 2.27. The maximum Gasteiger partial charge on any atom is 0.228 e. The van der Waals surface area contributed by atoms with Crippen molar-refractivity contribution in [2.45, 2.75) is 56.6 Å². The molecule has 0 aliphatic heterocycles. The van der Waals surface area contributed by atoms with Gasteiger partial charge in [-0.05, 0) is 25.3 Å². The monoisotopic (exact) mass is 433 g/mol. The molecular weight excluding hydrogens is 402 g/mol. The van der Waals surface area contributed by atoms with Crippen molar-refractivity contribution in [2.24, 2.45) is 5.92 Å². The van der Waals surface area contributed by atoms with Gasteiger partial charge in [0.1, 0.15) is 0 Å². The number of ether oxygens (including phenoxy) is 1. The summed E-state index contributed by atoms with van der Waals surface area (Å²) in [7, 11) is -2.06. The number of amides is 1. The average Bonchev–Trinajstić information content (AvgIpc) is 3.41. The van der Waals surface area contributed by atoms with Crippen LogP contribution in [0.15, 0.2) is 41.7 Å². The van der Waals surface area contributed by atoms with Gasteiger partial charge in [0.25, 0.3) is 0 Å². The second-order valence-electron chi connectivity index (χ2n) is 7.76. The summed E-state index contributed by atoms with van der Waals surface area (Å²) in [4.78, 5) is 19.0. The molecular formula is C22H31N3O4S. The van der Waals surface area contributed by atoms with Gasteiger partial charge in [-0.3, -0.25) is 4.79 Å². The number of hydrogen-bond donors (Lipinski definition) is 0. The number of rotatable bonds is 10. The van der Waals surface area contributed by atoms with Crippen molar-refractivity contribution in [1.82, 2.24) is 14.5 Å². The Morgan fingerprint density at radius 3 is 2.57 bits per heavy atom. The van der Waals surface area contributed by atoms with Crippen LogP contribution in [0.5, 0.6) is 0 Å². The Hall–Kier alpha value is -2.19. The molecule has 1 saturated carbocycles. The first-order valence-electron chi connectivity index (χ1n) is 10.5. The van der Waals surface area contributed by atoms with Gasteiger partial charge in [-0.25, -0.2) is 13.4 Å². The lowest BCUT2D eigenvalue weighted by molar-refractivity contribution is -0.135. The molecule has 7 nitrogen and oxygen atoms in total. The molecule has 3 rings (SSSR count). The molecule has 8 heteroatoms. The maximum absolute atomic E-state index is 13.1. The third-order valence-corrected chi connectivity index (χ3v) is 7.24. The van der Waals surface area contributed by atoms with Gasteiger partial charge in [0, 0.05) is 26.1 Å². The van der Waals surface area contributed by atoms with E-state index in [1.165, 1.54) is 0 Å². The van der Waals surface area contributed by atoms with Crippen molar-refractivity contribution in [1.29, 1.82) is 0 Å². The minimum absolute atomic E-state index is 0.0303. The Kier molecular flexibility index (Phi) is 7.66. The van der Waals surface area contributed by atoms with Gasteiger partial charge in [0.15, 0.2) is 0 Å². The molecule has 0 N–H and O–H groups in total. The zero-order chi connectivity index (χ0) is 21.6. The predicted octanol–water partition coefficient (Wildman–Crippen LogP) is 3.04.